The van der Waals surface area contributed by atoms with Crippen LogP contribution >= 0.6 is 34.8 Å². The molecule has 8 heteroatoms. The van der Waals surface area contributed by atoms with Gasteiger partial charge in [0, 0.05) is 21.5 Å². The number of halogens is 3. The maximum Gasteiger partial charge on any atom is 0.325 e. The molecule has 0 aliphatic rings. The summed E-state index contributed by atoms with van der Waals surface area (Å²) in [6, 6.07) is 10.4. The minimum atomic E-state index is -0.935. The number of ether oxygens (including phenoxy) is 1. The van der Waals surface area contributed by atoms with Crippen molar-refractivity contribution in [3.8, 4) is 0 Å². The monoisotopic (exact) mass is 414 g/mol. The van der Waals surface area contributed by atoms with Crippen LogP contribution in [0.3, 0.4) is 0 Å². The van der Waals surface area contributed by atoms with E-state index >= 15 is 0 Å². The third-order valence-electron chi connectivity index (χ3n) is 3.79. The van der Waals surface area contributed by atoms with Crippen molar-refractivity contribution in [2.24, 2.45) is 5.92 Å². The van der Waals surface area contributed by atoms with Gasteiger partial charge in [0.15, 0.2) is 5.78 Å². The first kappa shape index (κ1) is 20.5. The van der Waals surface area contributed by atoms with Crippen molar-refractivity contribution in [2.45, 2.75) is 13.0 Å². The van der Waals surface area contributed by atoms with Crippen LogP contribution in [0.1, 0.15) is 17.3 Å². The summed E-state index contributed by atoms with van der Waals surface area (Å²) in [7, 11) is 1.26. The number of ketones is 1. The molecule has 2 unspecified atom stereocenters. The SMILES string of the molecule is COC(=O)C(NNc1ccc(Cl)cc1Cl)C(C)C(=O)c1ccc(Cl)cc1. The molecule has 0 spiro atoms. The van der Waals surface area contributed by atoms with E-state index in [2.05, 4.69) is 10.9 Å². The molecule has 0 bridgehead atoms. The normalized spacial score (nSPS) is 13.0. The molecule has 0 aromatic heterocycles. The molecule has 0 saturated carbocycles. The minimum absolute atomic E-state index is 0.228. The van der Waals surface area contributed by atoms with Crippen molar-refractivity contribution in [1.82, 2.24) is 5.43 Å². The summed E-state index contributed by atoms with van der Waals surface area (Å²) in [4.78, 5) is 24.8. The Kier molecular flexibility index (Phi) is 7.29. The van der Waals surface area contributed by atoms with E-state index in [1.807, 2.05) is 0 Å². The van der Waals surface area contributed by atoms with Gasteiger partial charge in [-0.15, -0.1) is 0 Å². The van der Waals surface area contributed by atoms with Crippen molar-refractivity contribution in [3.05, 3.63) is 63.1 Å². The van der Waals surface area contributed by atoms with Gasteiger partial charge in [-0.2, -0.15) is 0 Å². The van der Waals surface area contributed by atoms with E-state index in [0.717, 1.165) is 0 Å². The molecule has 26 heavy (non-hydrogen) atoms. The Morgan fingerprint density at radius 3 is 2.19 bits per heavy atom. The summed E-state index contributed by atoms with van der Waals surface area (Å²) >= 11 is 17.8. The summed E-state index contributed by atoms with van der Waals surface area (Å²) in [5.41, 5.74) is 6.60. The molecule has 0 aliphatic carbocycles. The first-order valence-corrected chi connectivity index (χ1v) is 8.81. The van der Waals surface area contributed by atoms with Gasteiger partial charge in [-0.3, -0.25) is 9.59 Å². The number of rotatable bonds is 7. The van der Waals surface area contributed by atoms with Gasteiger partial charge in [0.05, 0.1) is 17.8 Å². The molecular weight excluding hydrogens is 399 g/mol. The average Bonchev–Trinajstić information content (AvgIpc) is 2.62. The molecule has 0 heterocycles. The number of carbonyl (C=O) groups is 2. The van der Waals surface area contributed by atoms with E-state index in [1.54, 1.807) is 49.4 Å². The maximum atomic E-state index is 12.7. The minimum Gasteiger partial charge on any atom is -0.468 e. The number of methoxy groups -OCH3 is 1. The second kappa shape index (κ2) is 9.24. The van der Waals surface area contributed by atoms with E-state index in [-0.39, 0.29) is 5.78 Å². The molecule has 2 N–H and O–H groups in total. The van der Waals surface area contributed by atoms with Crippen molar-refractivity contribution in [1.29, 1.82) is 0 Å². The lowest BCUT2D eigenvalue weighted by Crippen LogP contribution is -2.48. The van der Waals surface area contributed by atoms with Crippen LogP contribution in [0.15, 0.2) is 42.5 Å². The molecule has 0 amide bonds. The molecule has 5 nitrogen and oxygen atoms in total. The summed E-state index contributed by atoms with van der Waals surface area (Å²) in [5.74, 6) is -1.52. The molecule has 0 aliphatic heterocycles. The Hall–Kier alpha value is -1.79. The lowest BCUT2D eigenvalue weighted by Gasteiger charge is -2.23. The number of hydrazine groups is 1. The van der Waals surface area contributed by atoms with Crippen molar-refractivity contribution in [3.63, 3.8) is 0 Å². The Labute approximate surface area is 166 Å². The van der Waals surface area contributed by atoms with Crippen LogP contribution in [0, 0.1) is 5.92 Å². The highest BCUT2D eigenvalue weighted by atomic mass is 35.5. The first-order chi connectivity index (χ1) is 12.3. The topological polar surface area (TPSA) is 67.4 Å². The molecule has 2 rings (SSSR count). The van der Waals surface area contributed by atoms with Crippen LogP contribution < -0.4 is 10.9 Å². The highest BCUT2D eigenvalue weighted by molar-refractivity contribution is 6.36. The van der Waals surface area contributed by atoms with Crippen LogP contribution in [0.2, 0.25) is 15.1 Å². The predicted molar refractivity (Wildman–Crippen MR) is 104 cm³/mol. The zero-order valence-corrected chi connectivity index (χ0v) is 16.3. The number of Topliss-reactive ketones (excluding diaryl/α,β-unsaturated/α-hetero) is 1. The number of esters is 1. The first-order valence-electron chi connectivity index (χ1n) is 7.67. The number of anilines is 1. The molecule has 0 saturated heterocycles. The largest absolute Gasteiger partial charge is 0.468 e. The number of hydrogen-bond donors (Lipinski definition) is 2. The second-order valence-electron chi connectivity index (χ2n) is 5.55. The van der Waals surface area contributed by atoms with Gasteiger partial charge in [-0.25, -0.2) is 5.43 Å². The van der Waals surface area contributed by atoms with Crippen LogP contribution in [0.25, 0.3) is 0 Å². The number of nitrogens with one attached hydrogen (secondary N) is 2. The number of hydrogen-bond acceptors (Lipinski definition) is 5. The average molecular weight is 416 g/mol. The van der Waals surface area contributed by atoms with Crippen molar-refractivity contribution >= 4 is 52.2 Å². The Morgan fingerprint density at radius 1 is 1.00 bits per heavy atom. The zero-order valence-electron chi connectivity index (χ0n) is 14.1. The Balaban J connectivity index is 2.16. The van der Waals surface area contributed by atoms with Gasteiger partial charge in [0.25, 0.3) is 0 Å². The fourth-order valence-corrected chi connectivity index (χ4v) is 2.87. The fourth-order valence-electron chi connectivity index (χ4n) is 2.29. The summed E-state index contributed by atoms with van der Waals surface area (Å²) in [6.07, 6.45) is 0. The fraction of sp³-hybridized carbons (Fsp3) is 0.222. The van der Waals surface area contributed by atoms with Crippen molar-refractivity contribution in [2.75, 3.05) is 12.5 Å². The molecule has 2 aromatic rings. The van der Waals surface area contributed by atoms with Gasteiger partial charge in [-0.1, -0.05) is 41.7 Å². The maximum absolute atomic E-state index is 12.7. The summed E-state index contributed by atoms with van der Waals surface area (Å²) in [5, 5.41) is 1.37. The lowest BCUT2D eigenvalue weighted by molar-refractivity contribution is -0.143. The molecule has 2 aromatic carbocycles. The molecule has 0 fully saturated rings. The quantitative estimate of drug-likeness (QED) is 0.392. The van der Waals surface area contributed by atoms with Crippen LogP contribution in [-0.4, -0.2) is 24.9 Å². The molecule has 138 valence electrons. The summed E-state index contributed by atoms with van der Waals surface area (Å²) < 4.78 is 4.81. The smallest absolute Gasteiger partial charge is 0.325 e. The van der Waals surface area contributed by atoms with Crippen molar-refractivity contribution < 1.29 is 14.3 Å². The summed E-state index contributed by atoms with van der Waals surface area (Å²) in [6.45, 7) is 1.64. The number of carbonyl (C=O) groups excluding carboxylic acids is 2. The van der Waals surface area contributed by atoms with E-state index in [0.29, 0.717) is 26.3 Å². The van der Waals surface area contributed by atoms with Crippen LogP contribution in [-0.2, 0) is 9.53 Å². The third kappa shape index (κ3) is 5.11. The number of benzene rings is 2. The predicted octanol–water partition coefficient (Wildman–Crippen LogP) is 4.62. The molecule has 0 radical (unpaired) electrons. The molecule has 2 atom stereocenters. The van der Waals surface area contributed by atoms with E-state index in [1.165, 1.54) is 7.11 Å². The van der Waals surface area contributed by atoms with E-state index in [4.69, 9.17) is 39.5 Å². The van der Waals surface area contributed by atoms with Crippen LogP contribution in [0.5, 0.6) is 0 Å². The lowest BCUT2D eigenvalue weighted by atomic mass is 9.93. The van der Waals surface area contributed by atoms with Gasteiger partial charge in [0.1, 0.15) is 6.04 Å². The third-order valence-corrected chi connectivity index (χ3v) is 4.59. The van der Waals surface area contributed by atoms with Gasteiger partial charge in [-0.05, 0) is 42.5 Å². The Bertz CT molecular complexity index is 797. The van der Waals surface area contributed by atoms with Crippen LogP contribution in [0.4, 0.5) is 5.69 Å². The van der Waals surface area contributed by atoms with E-state index in [9.17, 15) is 9.59 Å². The van der Waals surface area contributed by atoms with Gasteiger partial charge in [0.2, 0.25) is 0 Å². The highest BCUT2D eigenvalue weighted by Crippen LogP contribution is 2.25. The second-order valence-corrected chi connectivity index (χ2v) is 6.83. The van der Waals surface area contributed by atoms with Gasteiger partial charge >= 0.3 is 5.97 Å². The zero-order chi connectivity index (χ0) is 19.3. The standard InChI is InChI=1S/C18H17Cl3N2O3/c1-10(17(24)11-3-5-12(19)6-4-11)16(18(25)26-2)23-22-15-8-7-13(20)9-14(15)21/h3-10,16,22-23H,1-2H3. The Morgan fingerprint density at radius 2 is 1.62 bits per heavy atom. The van der Waals surface area contributed by atoms with Gasteiger partial charge < -0.3 is 10.2 Å². The molecular formula is C18H17Cl3N2O3. The highest BCUT2D eigenvalue weighted by Gasteiger charge is 2.31. The van der Waals surface area contributed by atoms with E-state index < -0.39 is 17.9 Å².